The third kappa shape index (κ3) is 3.95. The SMILES string of the molecule is O=C(CCn1ccc2ccccc21)Nc1cc(-c2nnc3n2CCCCC3)ccc1F. The van der Waals surface area contributed by atoms with E-state index in [0.717, 1.165) is 53.9 Å². The molecule has 31 heavy (non-hydrogen) atoms. The highest BCUT2D eigenvalue weighted by Gasteiger charge is 2.17. The lowest BCUT2D eigenvalue weighted by atomic mass is 10.1. The van der Waals surface area contributed by atoms with Gasteiger partial charge in [0.2, 0.25) is 5.91 Å². The zero-order valence-electron chi connectivity index (χ0n) is 17.2. The van der Waals surface area contributed by atoms with Gasteiger partial charge in [0.15, 0.2) is 5.82 Å². The predicted molar refractivity (Wildman–Crippen MR) is 118 cm³/mol. The normalized spacial score (nSPS) is 13.7. The molecule has 3 heterocycles. The molecule has 1 amide bonds. The van der Waals surface area contributed by atoms with E-state index in [-0.39, 0.29) is 18.0 Å². The maximum absolute atomic E-state index is 14.4. The number of para-hydroxylation sites is 1. The van der Waals surface area contributed by atoms with E-state index in [2.05, 4.69) is 20.1 Å². The van der Waals surface area contributed by atoms with Crippen molar-refractivity contribution in [3.8, 4) is 11.4 Å². The van der Waals surface area contributed by atoms with Gasteiger partial charge in [0, 0.05) is 43.2 Å². The van der Waals surface area contributed by atoms with Crippen LogP contribution in [0.1, 0.15) is 31.5 Å². The van der Waals surface area contributed by atoms with Gasteiger partial charge < -0.3 is 14.5 Å². The van der Waals surface area contributed by atoms with E-state index in [0.29, 0.717) is 6.54 Å². The van der Waals surface area contributed by atoms with Crippen molar-refractivity contribution in [3.63, 3.8) is 0 Å². The number of carbonyl (C=O) groups is 1. The molecule has 0 atom stereocenters. The number of fused-ring (bicyclic) bond motifs is 2. The number of aromatic nitrogens is 4. The molecule has 0 spiro atoms. The van der Waals surface area contributed by atoms with Crippen LogP contribution in [-0.4, -0.2) is 25.2 Å². The lowest BCUT2D eigenvalue weighted by molar-refractivity contribution is -0.116. The number of halogens is 1. The van der Waals surface area contributed by atoms with E-state index in [1.165, 1.54) is 12.5 Å². The highest BCUT2D eigenvalue weighted by atomic mass is 19.1. The number of carbonyl (C=O) groups excluding carboxylic acids is 1. The van der Waals surface area contributed by atoms with E-state index in [9.17, 15) is 9.18 Å². The highest BCUT2D eigenvalue weighted by Crippen LogP contribution is 2.27. The average Bonchev–Trinajstić information content (AvgIpc) is 3.30. The lowest BCUT2D eigenvalue weighted by Crippen LogP contribution is -2.15. The lowest BCUT2D eigenvalue weighted by Gasteiger charge is -2.11. The van der Waals surface area contributed by atoms with Gasteiger partial charge in [-0.3, -0.25) is 4.79 Å². The number of nitrogens with one attached hydrogen (secondary N) is 1. The number of hydrogen-bond donors (Lipinski definition) is 1. The molecule has 0 saturated heterocycles. The number of benzene rings is 2. The zero-order valence-corrected chi connectivity index (χ0v) is 17.2. The van der Waals surface area contributed by atoms with Crippen molar-refractivity contribution in [2.75, 3.05) is 5.32 Å². The predicted octanol–water partition coefficient (Wildman–Crippen LogP) is 4.79. The van der Waals surface area contributed by atoms with Crippen molar-refractivity contribution >= 4 is 22.5 Å². The van der Waals surface area contributed by atoms with E-state index in [4.69, 9.17) is 0 Å². The molecule has 158 valence electrons. The number of anilines is 1. The standard InChI is InChI=1S/C24H24FN5O/c25-19-10-9-18(24-28-27-22-8-2-1-5-13-30(22)24)16-20(19)26-23(31)12-15-29-14-11-17-6-3-4-7-21(17)29/h3-4,6-7,9-11,14,16H,1-2,5,8,12-13,15H2,(H,26,31). The topological polar surface area (TPSA) is 64.7 Å². The first-order valence-electron chi connectivity index (χ1n) is 10.7. The Morgan fingerprint density at radius 3 is 2.90 bits per heavy atom. The minimum atomic E-state index is -0.459. The van der Waals surface area contributed by atoms with Crippen LogP contribution in [0.15, 0.2) is 54.7 Å². The highest BCUT2D eigenvalue weighted by molar-refractivity contribution is 5.91. The molecule has 0 radical (unpaired) electrons. The van der Waals surface area contributed by atoms with Crippen LogP contribution in [0.2, 0.25) is 0 Å². The number of rotatable bonds is 5. The number of aryl methyl sites for hydroxylation is 2. The van der Waals surface area contributed by atoms with Crippen LogP contribution in [0.3, 0.4) is 0 Å². The summed E-state index contributed by atoms with van der Waals surface area (Å²) >= 11 is 0. The zero-order chi connectivity index (χ0) is 21.2. The summed E-state index contributed by atoms with van der Waals surface area (Å²) in [4.78, 5) is 12.5. The molecule has 4 aromatic rings. The van der Waals surface area contributed by atoms with Crippen LogP contribution < -0.4 is 5.32 Å². The van der Waals surface area contributed by atoms with Crippen LogP contribution in [0.4, 0.5) is 10.1 Å². The van der Waals surface area contributed by atoms with Crippen molar-refractivity contribution in [1.29, 1.82) is 0 Å². The molecule has 0 saturated carbocycles. The van der Waals surface area contributed by atoms with E-state index < -0.39 is 5.82 Å². The van der Waals surface area contributed by atoms with Crippen LogP contribution in [0.5, 0.6) is 0 Å². The van der Waals surface area contributed by atoms with E-state index >= 15 is 0 Å². The smallest absolute Gasteiger partial charge is 0.226 e. The minimum absolute atomic E-state index is 0.172. The first kappa shape index (κ1) is 19.5. The van der Waals surface area contributed by atoms with Gasteiger partial charge in [-0.25, -0.2) is 4.39 Å². The molecule has 0 unspecified atom stereocenters. The second-order valence-corrected chi connectivity index (χ2v) is 7.96. The molecule has 1 N–H and O–H groups in total. The second-order valence-electron chi connectivity index (χ2n) is 7.96. The molecule has 2 aromatic carbocycles. The van der Waals surface area contributed by atoms with Gasteiger partial charge in [-0.05, 0) is 48.6 Å². The van der Waals surface area contributed by atoms with Crippen LogP contribution in [-0.2, 0) is 24.3 Å². The molecule has 2 aromatic heterocycles. The molecule has 0 fully saturated rings. The first-order chi connectivity index (χ1) is 15.2. The Morgan fingerprint density at radius 2 is 1.97 bits per heavy atom. The number of nitrogens with zero attached hydrogens (tertiary/aromatic N) is 4. The maximum atomic E-state index is 14.4. The van der Waals surface area contributed by atoms with Crippen molar-refractivity contribution in [3.05, 3.63) is 66.4 Å². The molecule has 7 heteroatoms. The fraction of sp³-hybridized carbons (Fsp3) is 0.292. The summed E-state index contributed by atoms with van der Waals surface area (Å²) in [5, 5.41) is 12.5. The third-order valence-corrected chi connectivity index (χ3v) is 5.87. The summed E-state index contributed by atoms with van der Waals surface area (Å²) in [6.45, 7) is 1.39. The fourth-order valence-corrected chi connectivity index (χ4v) is 4.23. The molecular weight excluding hydrogens is 393 g/mol. The number of amides is 1. The second kappa shape index (κ2) is 8.34. The maximum Gasteiger partial charge on any atom is 0.226 e. The molecule has 1 aliphatic rings. The third-order valence-electron chi connectivity index (χ3n) is 5.87. The first-order valence-corrected chi connectivity index (χ1v) is 10.7. The Morgan fingerprint density at radius 1 is 1.06 bits per heavy atom. The molecular formula is C24H24FN5O. The average molecular weight is 417 g/mol. The van der Waals surface area contributed by atoms with Gasteiger partial charge in [-0.1, -0.05) is 24.6 Å². The van der Waals surface area contributed by atoms with Gasteiger partial charge in [0.25, 0.3) is 0 Å². The van der Waals surface area contributed by atoms with Crippen molar-refractivity contribution < 1.29 is 9.18 Å². The molecule has 1 aliphatic heterocycles. The number of hydrogen-bond acceptors (Lipinski definition) is 3. The summed E-state index contributed by atoms with van der Waals surface area (Å²) in [6, 6.07) is 14.8. The van der Waals surface area contributed by atoms with Crippen LogP contribution in [0, 0.1) is 5.82 Å². The van der Waals surface area contributed by atoms with Gasteiger partial charge in [0.1, 0.15) is 11.6 Å². The van der Waals surface area contributed by atoms with Crippen LogP contribution in [0.25, 0.3) is 22.3 Å². The fourth-order valence-electron chi connectivity index (χ4n) is 4.23. The summed E-state index contributed by atoms with van der Waals surface area (Å²) < 4.78 is 18.6. The molecule has 0 bridgehead atoms. The Balaban J connectivity index is 1.32. The minimum Gasteiger partial charge on any atom is -0.347 e. The summed E-state index contributed by atoms with van der Waals surface area (Å²) in [5.74, 6) is 1.01. The van der Waals surface area contributed by atoms with E-state index in [1.807, 2.05) is 41.1 Å². The van der Waals surface area contributed by atoms with Crippen molar-refractivity contribution in [2.24, 2.45) is 0 Å². The van der Waals surface area contributed by atoms with Gasteiger partial charge in [-0.2, -0.15) is 0 Å². The molecule has 5 rings (SSSR count). The molecule has 0 aliphatic carbocycles. The quantitative estimate of drug-likeness (QED) is 0.508. The van der Waals surface area contributed by atoms with Crippen molar-refractivity contribution in [1.82, 2.24) is 19.3 Å². The van der Waals surface area contributed by atoms with E-state index in [1.54, 1.807) is 12.1 Å². The largest absolute Gasteiger partial charge is 0.347 e. The molecule has 6 nitrogen and oxygen atoms in total. The van der Waals surface area contributed by atoms with Crippen LogP contribution >= 0.6 is 0 Å². The Kier molecular flexibility index (Phi) is 5.24. The van der Waals surface area contributed by atoms with Gasteiger partial charge >= 0.3 is 0 Å². The monoisotopic (exact) mass is 417 g/mol. The summed E-state index contributed by atoms with van der Waals surface area (Å²) in [6.07, 6.45) is 6.49. The summed E-state index contributed by atoms with van der Waals surface area (Å²) in [7, 11) is 0. The van der Waals surface area contributed by atoms with Gasteiger partial charge in [0.05, 0.1) is 5.69 Å². The van der Waals surface area contributed by atoms with Gasteiger partial charge in [-0.15, -0.1) is 10.2 Å². The van der Waals surface area contributed by atoms with Crippen molar-refractivity contribution in [2.45, 2.75) is 45.2 Å². The Bertz CT molecular complexity index is 1240. The summed E-state index contributed by atoms with van der Waals surface area (Å²) in [5.41, 5.74) is 2.01. The Labute approximate surface area is 179 Å². The Hall–Kier alpha value is -3.48.